The third kappa shape index (κ3) is 4.87. The lowest BCUT2D eigenvalue weighted by atomic mass is 9.92. The molecule has 1 aliphatic heterocycles. The Morgan fingerprint density at radius 1 is 0.792 bits per heavy atom. The van der Waals surface area contributed by atoms with E-state index < -0.39 is 61.9 Å². The van der Waals surface area contributed by atoms with Crippen LogP contribution in [0.4, 0.5) is 36.8 Å². The van der Waals surface area contributed by atoms with Gasteiger partial charge in [0.05, 0.1) is 4.90 Å². The number of benzene rings is 4. The predicted molar refractivity (Wildman–Crippen MR) is 159 cm³/mol. The molecule has 2 atom stereocenters. The molecule has 0 aromatic heterocycles. The molecule has 4 aromatic carbocycles. The molecular weight excluding hydrogens is 666 g/mol. The first-order chi connectivity index (χ1) is 22.3. The van der Waals surface area contributed by atoms with Crippen LogP contribution in [0.5, 0.6) is 0 Å². The van der Waals surface area contributed by atoms with Gasteiger partial charge in [-0.2, -0.15) is 35.6 Å². The maximum Gasteiger partial charge on any atom is 0.515 e. The molecule has 1 aliphatic carbocycles. The van der Waals surface area contributed by atoms with Crippen molar-refractivity contribution in [3.63, 3.8) is 0 Å². The van der Waals surface area contributed by atoms with Gasteiger partial charge in [-0.25, -0.2) is 8.42 Å². The fourth-order valence-corrected chi connectivity index (χ4v) is 7.51. The summed E-state index contributed by atoms with van der Waals surface area (Å²) in [7, 11) is -3.76. The molecule has 4 aromatic rings. The summed E-state index contributed by atoms with van der Waals surface area (Å²) in [5, 5.41) is 23.3. The number of fused-ring (bicyclic) bond motifs is 4. The van der Waals surface area contributed by atoms with Crippen molar-refractivity contribution in [2.24, 2.45) is 0 Å². The van der Waals surface area contributed by atoms with Gasteiger partial charge >= 0.3 is 18.4 Å². The fraction of sp³-hybridized carbons (Fsp3) is 0.212. The van der Waals surface area contributed by atoms with Gasteiger partial charge in [0.1, 0.15) is 6.54 Å². The van der Waals surface area contributed by atoms with E-state index in [1.807, 2.05) is 0 Å². The molecule has 2 amide bonds. The number of nitrogens with zero attached hydrogens (tertiary/aromatic N) is 1. The van der Waals surface area contributed by atoms with Gasteiger partial charge in [0.15, 0.2) is 15.9 Å². The number of carbonyl (C=O) groups excluding carboxylic acids is 1. The number of halogens is 6. The van der Waals surface area contributed by atoms with Crippen LogP contribution in [-0.4, -0.2) is 53.7 Å². The SMILES string of the molecule is CS(=O)(=O)c1ccc2c(c1)C[N+](C(=O)O)(C1c3ccccc3-c3ccccc31)C2C(=O)Nc1ccc(C(O)(C(F)(F)F)C(F)(F)F)cc1. The smallest absolute Gasteiger partial charge is 0.435 e. The summed E-state index contributed by atoms with van der Waals surface area (Å²) >= 11 is 0. The highest BCUT2D eigenvalue weighted by atomic mass is 32.2. The summed E-state index contributed by atoms with van der Waals surface area (Å²) in [4.78, 5) is 27.8. The Bertz CT molecular complexity index is 2020. The van der Waals surface area contributed by atoms with E-state index in [1.165, 1.54) is 18.2 Å². The minimum absolute atomic E-state index is 0.115. The number of sulfone groups is 1. The highest BCUT2D eigenvalue weighted by molar-refractivity contribution is 7.90. The Morgan fingerprint density at radius 2 is 1.31 bits per heavy atom. The van der Waals surface area contributed by atoms with Crippen molar-refractivity contribution in [1.82, 2.24) is 0 Å². The van der Waals surface area contributed by atoms with Crippen molar-refractivity contribution in [3.05, 3.63) is 119 Å². The highest BCUT2D eigenvalue weighted by Gasteiger charge is 2.71. The minimum Gasteiger partial charge on any atom is -0.435 e. The van der Waals surface area contributed by atoms with E-state index in [0.29, 0.717) is 23.3 Å². The maximum absolute atomic E-state index is 14.2. The molecule has 0 saturated heterocycles. The molecule has 0 bridgehead atoms. The van der Waals surface area contributed by atoms with Crippen LogP contribution in [0.1, 0.15) is 39.9 Å². The van der Waals surface area contributed by atoms with Crippen LogP contribution in [0.25, 0.3) is 11.1 Å². The van der Waals surface area contributed by atoms with E-state index in [4.69, 9.17) is 0 Å². The number of quaternary nitrogens is 1. The van der Waals surface area contributed by atoms with Gasteiger partial charge in [0.2, 0.25) is 6.04 Å². The molecule has 0 spiro atoms. The zero-order valence-corrected chi connectivity index (χ0v) is 25.5. The number of amides is 2. The van der Waals surface area contributed by atoms with Crippen molar-refractivity contribution in [1.29, 1.82) is 0 Å². The third-order valence-corrected chi connectivity index (χ3v) is 10.1. The molecule has 15 heteroatoms. The first-order valence-corrected chi connectivity index (χ1v) is 16.1. The Morgan fingerprint density at radius 3 is 1.79 bits per heavy atom. The summed E-state index contributed by atoms with van der Waals surface area (Å²) < 4.78 is 104. The van der Waals surface area contributed by atoms with Gasteiger partial charge in [0.25, 0.3) is 11.5 Å². The molecular formula is C33H25F6N2O6S+. The number of hydrogen-bond donors (Lipinski definition) is 3. The second kappa shape index (κ2) is 10.9. The van der Waals surface area contributed by atoms with Crippen LogP contribution in [0, 0.1) is 0 Å². The van der Waals surface area contributed by atoms with Crippen LogP contribution in [0.2, 0.25) is 0 Å². The minimum atomic E-state index is -6.12. The normalized spacial score (nSPS) is 19.4. The van der Waals surface area contributed by atoms with Crippen molar-refractivity contribution in [2.75, 3.05) is 11.6 Å². The Kier molecular flexibility index (Phi) is 7.54. The zero-order valence-electron chi connectivity index (χ0n) is 24.7. The fourth-order valence-electron chi connectivity index (χ4n) is 6.84. The average Bonchev–Trinajstić information content (AvgIpc) is 3.53. The lowest BCUT2D eigenvalue weighted by Gasteiger charge is -2.39. The Hall–Kier alpha value is -4.73. The van der Waals surface area contributed by atoms with Gasteiger partial charge < -0.3 is 15.5 Å². The standard InChI is InChI=1S/C33H24F6N2O6S/c1-48(46,47)21-14-15-22-18(16-21)17-41(30(43)44,27-25-8-4-2-6-23(25)24-7-3-5-9-26(24)27)28(22)29(42)40-20-12-10-19(11-13-20)31(45,32(34,35)36)33(37,38)39/h2-16,27-28,45H,17H2,1H3,(H-,40,42,43,44)/p+1. The number of hydrogen-bond acceptors (Lipinski definition) is 5. The Balaban J connectivity index is 1.49. The molecule has 2 unspecified atom stereocenters. The molecule has 250 valence electrons. The molecule has 0 saturated carbocycles. The second-order valence-corrected chi connectivity index (χ2v) is 13.8. The van der Waals surface area contributed by atoms with Crippen LogP contribution in [0.3, 0.4) is 0 Å². The molecule has 1 heterocycles. The van der Waals surface area contributed by atoms with Gasteiger partial charge in [-0.15, -0.1) is 0 Å². The lowest BCUT2D eigenvalue weighted by molar-refractivity contribution is -0.908. The van der Waals surface area contributed by atoms with Crippen LogP contribution in [-0.2, 0) is 26.8 Å². The highest BCUT2D eigenvalue weighted by Crippen LogP contribution is 2.57. The number of rotatable bonds is 5. The predicted octanol–water partition coefficient (Wildman–Crippen LogP) is 6.86. The summed E-state index contributed by atoms with van der Waals surface area (Å²) in [5.74, 6) is -0.972. The van der Waals surface area contributed by atoms with Crippen molar-refractivity contribution in [2.45, 2.75) is 41.5 Å². The topological polar surface area (TPSA) is 121 Å². The maximum atomic E-state index is 14.2. The van der Waals surface area contributed by atoms with Crippen LogP contribution < -0.4 is 5.32 Å². The molecule has 0 radical (unpaired) electrons. The monoisotopic (exact) mass is 691 g/mol. The Labute approximate surface area is 269 Å². The first-order valence-electron chi connectivity index (χ1n) is 14.2. The molecule has 48 heavy (non-hydrogen) atoms. The van der Waals surface area contributed by atoms with Gasteiger partial charge in [0, 0.05) is 39.8 Å². The van der Waals surface area contributed by atoms with Crippen molar-refractivity contribution >= 4 is 27.5 Å². The van der Waals surface area contributed by atoms with E-state index in [0.717, 1.165) is 29.5 Å². The lowest BCUT2D eigenvalue weighted by Crippen LogP contribution is -2.55. The van der Waals surface area contributed by atoms with E-state index in [2.05, 4.69) is 5.32 Å². The molecule has 6 rings (SSSR count). The van der Waals surface area contributed by atoms with Gasteiger partial charge in [-0.3, -0.25) is 4.79 Å². The van der Waals surface area contributed by atoms with E-state index in [9.17, 15) is 54.6 Å². The number of nitrogens with one attached hydrogen (secondary N) is 1. The third-order valence-electron chi connectivity index (χ3n) is 8.99. The molecule has 8 nitrogen and oxygen atoms in total. The number of carboxylic acid groups (broad SMARTS) is 1. The summed E-state index contributed by atoms with van der Waals surface area (Å²) in [6.45, 7) is -0.345. The zero-order chi connectivity index (χ0) is 35.0. The van der Waals surface area contributed by atoms with Crippen molar-refractivity contribution < 1.29 is 59.0 Å². The van der Waals surface area contributed by atoms with Crippen LogP contribution in [0.15, 0.2) is 95.9 Å². The number of alkyl halides is 6. The van der Waals surface area contributed by atoms with Gasteiger partial charge in [-0.05, 0) is 35.4 Å². The second-order valence-electron chi connectivity index (χ2n) is 11.8. The van der Waals surface area contributed by atoms with Crippen LogP contribution >= 0.6 is 0 Å². The number of carbonyl (C=O) groups is 2. The van der Waals surface area contributed by atoms with Gasteiger partial charge in [-0.1, -0.05) is 66.7 Å². The largest absolute Gasteiger partial charge is 0.515 e. The summed E-state index contributed by atoms with van der Waals surface area (Å²) in [6, 6.07) is 17.5. The number of aliphatic hydroxyl groups is 1. The van der Waals surface area contributed by atoms with E-state index in [1.54, 1.807) is 48.5 Å². The summed E-state index contributed by atoms with van der Waals surface area (Å²) in [6.07, 6.45) is -12.7. The molecule has 3 N–H and O–H groups in total. The van der Waals surface area contributed by atoms with E-state index in [-0.39, 0.29) is 28.3 Å². The quantitative estimate of drug-likeness (QED) is 0.155. The molecule has 0 fully saturated rings. The molecule has 2 aliphatic rings. The number of anilines is 1. The van der Waals surface area contributed by atoms with Crippen molar-refractivity contribution in [3.8, 4) is 11.1 Å². The summed E-state index contributed by atoms with van der Waals surface area (Å²) in [5.41, 5.74) is -3.99. The first kappa shape index (κ1) is 33.2. The average molecular weight is 692 g/mol. The van der Waals surface area contributed by atoms with E-state index >= 15 is 0 Å².